The molecule has 0 radical (unpaired) electrons. The van der Waals surface area contributed by atoms with Crippen LogP contribution in [0.15, 0.2) is 58.5 Å². The molecule has 0 aliphatic rings. The van der Waals surface area contributed by atoms with E-state index in [9.17, 15) is 4.79 Å². The van der Waals surface area contributed by atoms with E-state index in [1.54, 1.807) is 23.7 Å². The van der Waals surface area contributed by atoms with Crippen molar-refractivity contribution in [3.05, 3.63) is 65.7 Å². The van der Waals surface area contributed by atoms with Gasteiger partial charge in [-0.3, -0.25) is 4.79 Å². The summed E-state index contributed by atoms with van der Waals surface area (Å²) >= 11 is 1.58. The first-order chi connectivity index (χ1) is 13.6. The number of amides is 1. The molecule has 1 amide bonds. The number of thiophene rings is 1. The molecular weight excluding hydrogens is 372 g/mol. The van der Waals surface area contributed by atoms with Gasteiger partial charge in [-0.1, -0.05) is 30.3 Å². The van der Waals surface area contributed by atoms with Crippen LogP contribution in [0.4, 0.5) is 5.82 Å². The Labute approximate surface area is 166 Å². The predicted molar refractivity (Wildman–Crippen MR) is 111 cm³/mol. The molecule has 28 heavy (non-hydrogen) atoms. The van der Waals surface area contributed by atoms with Crippen LogP contribution < -0.4 is 10.6 Å². The van der Waals surface area contributed by atoms with E-state index in [0.717, 1.165) is 21.3 Å². The number of carbonyl (C=O) groups excluding carboxylic acids is 1. The van der Waals surface area contributed by atoms with Gasteiger partial charge in [0.1, 0.15) is 28.3 Å². The molecule has 0 aliphatic carbocycles. The molecular formula is C21H20N4O2S. The van der Waals surface area contributed by atoms with Crippen molar-refractivity contribution in [2.75, 3.05) is 5.32 Å². The topological polar surface area (TPSA) is 80.0 Å². The first-order valence-electron chi connectivity index (χ1n) is 8.99. The molecule has 1 aromatic carbocycles. The van der Waals surface area contributed by atoms with Crippen LogP contribution in [0.2, 0.25) is 0 Å². The molecule has 0 saturated heterocycles. The van der Waals surface area contributed by atoms with Gasteiger partial charge in [-0.15, -0.1) is 11.3 Å². The summed E-state index contributed by atoms with van der Waals surface area (Å²) in [4.78, 5) is 22.5. The maximum Gasteiger partial charge on any atom is 0.242 e. The molecule has 0 spiro atoms. The van der Waals surface area contributed by atoms with Gasteiger partial charge in [-0.25, -0.2) is 9.97 Å². The van der Waals surface area contributed by atoms with Crippen molar-refractivity contribution >= 4 is 33.3 Å². The van der Waals surface area contributed by atoms with Gasteiger partial charge in [0.2, 0.25) is 5.91 Å². The second kappa shape index (κ2) is 7.82. The average Bonchev–Trinajstić information content (AvgIpc) is 3.36. The molecule has 3 aromatic heterocycles. The van der Waals surface area contributed by atoms with Crippen LogP contribution in [0.3, 0.4) is 0 Å². The second-order valence-electron chi connectivity index (χ2n) is 6.48. The van der Waals surface area contributed by atoms with Crippen molar-refractivity contribution in [1.29, 1.82) is 0 Å². The van der Waals surface area contributed by atoms with E-state index in [4.69, 9.17) is 4.42 Å². The van der Waals surface area contributed by atoms with Gasteiger partial charge in [0.25, 0.3) is 0 Å². The van der Waals surface area contributed by atoms with Crippen molar-refractivity contribution in [2.45, 2.75) is 26.4 Å². The summed E-state index contributed by atoms with van der Waals surface area (Å²) in [5.74, 6) is 1.92. The summed E-state index contributed by atoms with van der Waals surface area (Å²) in [7, 11) is 0. The molecule has 3 heterocycles. The lowest BCUT2D eigenvalue weighted by molar-refractivity contribution is -0.121. The quantitative estimate of drug-likeness (QED) is 0.509. The summed E-state index contributed by atoms with van der Waals surface area (Å²) in [5, 5.41) is 9.16. The van der Waals surface area contributed by atoms with Crippen molar-refractivity contribution < 1.29 is 9.21 Å². The fourth-order valence-electron chi connectivity index (χ4n) is 2.99. The highest BCUT2D eigenvalue weighted by molar-refractivity contribution is 7.17. The summed E-state index contributed by atoms with van der Waals surface area (Å²) in [6, 6.07) is 13.3. The molecule has 0 bridgehead atoms. The highest BCUT2D eigenvalue weighted by Crippen LogP contribution is 2.37. The minimum Gasteiger partial charge on any atom is -0.467 e. The van der Waals surface area contributed by atoms with E-state index in [0.29, 0.717) is 23.9 Å². The van der Waals surface area contributed by atoms with Gasteiger partial charge in [0.15, 0.2) is 0 Å². The van der Waals surface area contributed by atoms with Gasteiger partial charge >= 0.3 is 0 Å². The number of benzene rings is 1. The largest absolute Gasteiger partial charge is 0.467 e. The summed E-state index contributed by atoms with van der Waals surface area (Å²) in [5.41, 5.74) is 2.16. The van der Waals surface area contributed by atoms with Crippen molar-refractivity contribution in [2.24, 2.45) is 0 Å². The Hall–Kier alpha value is -3.19. The predicted octanol–water partition coefficient (Wildman–Crippen LogP) is 4.38. The van der Waals surface area contributed by atoms with E-state index in [1.165, 1.54) is 0 Å². The van der Waals surface area contributed by atoms with E-state index < -0.39 is 6.04 Å². The zero-order valence-corrected chi connectivity index (χ0v) is 16.4. The number of fused-ring (bicyclic) bond motifs is 1. The second-order valence-corrected chi connectivity index (χ2v) is 7.34. The maximum absolute atomic E-state index is 12.5. The molecule has 2 N–H and O–H groups in total. The normalized spacial score (nSPS) is 12.1. The van der Waals surface area contributed by atoms with Crippen LogP contribution >= 0.6 is 11.3 Å². The van der Waals surface area contributed by atoms with Gasteiger partial charge in [-0.05, 0) is 31.5 Å². The molecule has 6 nitrogen and oxygen atoms in total. The molecule has 7 heteroatoms. The zero-order chi connectivity index (χ0) is 19.5. The number of nitrogens with one attached hydrogen (secondary N) is 2. The number of aromatic nitrogens is 2. The Kier molecular flexibility index (Phi) is 5.08. The van der Waals surface area contributed by atoms with E-state index in [2.05, 4.69) is 38.1 Å². The first-order valence-corrected chi connectivity index (χ1v) is 9.87. The van der Waals surface area contributed by atoms with Crippen LogP contribution in [-0.4, -0.2) is 21.9 Å². The van der Waals surface area contributed by atoms with Crippen LogP contribution in [0.25, 0.3) is 21.3 Å². The number of carbonyl (C=O) groups is 1. The molecule has 142 valence electrons. The van der Waals surface area contributed by atoms with E-state index in [-0.39, 0.29) is 5.91 Å². The van der Waals surface area contributed by atoms with Gasteiger partial charge in [0.05, 0.1) is 18.2 Å². The first kappa shape index (κ1) is 18.2. The highest BCUT2D eigenvalue weighted by atomic mass is 32.1. The lowest BCUT2D eigenvalue weighted by Gasteiger charge is -2.16. The summed E-state index contributed by atoms with van der Waals surface area (Å²) in [6.45, 7) is 4.02. The highest BCUT2D eigenvalue weighted by Gasteiger charge is 2.19. The van der Waals surface area contributed by atoms with Crippen LogP contribution in [-0.2, 0) is 11.3 Å². The summed E-state index contributed by atoms with van der Waals surface area (Å²) < 4.78 is 5.26. The van der Waals surface area contributed by atoms with Crippen LogP contribution in [0.1, 0.15) is 18.5 Å². The van der Waals surface area contributed by atoms with Crippen molar-refractivity contribution in [3.63, 3.8) is 0 Å². The maximum atomic E-state index is 12.5. The Bertz CT molecular complexity index is 1090. The van der Waals surface area contributed by atoms with Crippen LogP contribution in [0, 0.1) is 6.92 Å². The number of hydrogen-bond acceptors (Lipinski definition) is 6. The number of nitrogens with zero attached hydrogens (tertiary/aromatic N) is 2. The lowest BCUT2D eigenvalue weighted by atomic mass is 10.1. The Morgan fingerprint density at radius 2 is 2.00 bits per heavy atom. The average molecular weight is 392 g/mol. The van der Waals surface area contributed by atoms with Crippen LogP contribution in [0.5, 0.6) is 0 Å². The number of anilines is 1. The third-order valence-corrected chi connectivity index (χ3v) is 5.27. The van der Waals surface area contributed by atoms with Gasteiger partial charge < -0.3 is 15.1 Å². The Morgan fingerprint density at radius 1 is 1.18 bits per heavy atom. The molecule has 0 fully saturated rings. The third kappa shape index (κ3) is 3.75. The van der Waals surface area contributed by atoms with Crippen molar-refractivity contribution in [1.82, 2.24) is 15.3 Å². The SMILES string of the molecule is Cc1nc(NC(C)C(=O)NCc2ccco2)c2c(-c3ccccc3)csc2n1. The minimum atomic E-state index is -0.462. The minimum absolute atomic E-state index is 0.127. The monoisotopic (exact) mass is 392 g/mol. The molecule has 0 saturated carbocycles. The van der Waals surface area contributed by atoms with Gasteiger partial charge in [0, 0.05) is 10.9 Å². The Morgan fingerprint density at radius 3 is 2.75 bits per heavy atom. The third-order valence-electron chi connectivity index (χ3n) is 4.39. The smallest absolute Gasteiger partial charge is 0.242 e. The Balaban J connectivity index is 1.60. The lowest BCUT2D eigenvalue weighted by Crippen LogP contribution is -2.37. The fourth-order valence-corrected chi connectivity index (χ4v) is 3.99. The number of hydrogen-bond donors (Lipinski definition) is 2. The van der Waals surface area contributed by atoms with Gasteiger partial charge in [-0.2, -0.15) is 0 Å². The van der Waals surface area contributed by atoms with E-state index >= 15 is 0 Å². The number of furan rings is 1. The fraction of sp³-hybridized carbons (Fsp3) is 0.190. The molecule has 1 unspecified atom stereocenters. The number of rotatable bonds is 6. The zero-order valence-electron chi connectivity index (χ0n) is 15.6. The molecule has 4 aromatic rings. The standard InChI is InChI=1S/C21H20N4O2S/c1-13(20(26)22-11-16-9-6-10-27-16)23-19-18-17(15-7-4-3-5-8-15)12-28-21(18)25-14(2)24-19/h3-10,12-13H,11H2,1-2H3,(H,22,26)(H,23,24,25). The van der Waals surface area contributed by atoms with Crippen molar-refractivity contribution in [3.8, 4) is 11.1 Å². The summed E-state index contributed by atoms with van der Waals surface area (Å²) in [6.07, 6.45) is 1.59. The number of aryl methyl sites for hydroxylation is 1. The molecule has 0 aliphatic heterocycles. The van der Waals surface area contributed by atoms with E-state index in [1.807, 2.05) is 38.1 Å². The molecule has 4 rings (SSSR count). The molecule has 1 atom stereocenters.